The molecule has 0 fully saturated rings. The van der Waals surface area contributed by atoms with Crippen LogP contribution in [-0.4, -0.2) is 74.1 Å². The van der Waals surface area contributed by atoms with E-state index in [4.69, 9.17) is 5.73 Å². The number of amides is 3. The maximum atomic E-state index is 13.7. The molecular weight excluding hydrogens is 570 g/mol. The zero-order valence-corrected chi connectivity index (χ0v) is 24.6. The molecule has 0 aliphatic rings. The lowest BCUT2D eigenvalue weighted by molar-refractivity contribution is -0.143. The highest BCUT2D eigenvalue weighted by atomic mass is 16.4. The number of aromatic amines is 1. The van der Waals surface area contributed by atoms with Crippen molar-refractivity contribution in [3.8, 4) is 5.75 Å². The Balaban J connectivity index is 1.84. The van der Waals surface area contributed by atoms with Crippen molar-refractivity contribution < 1.29 is 39.3 Å². The summed E-state index contributed by atoms with van der Waals surface area (Å²) >= 11 is 0. The summed E-state index contributed by atoms with van der Waals surface area (Å²) in [6.45, 7) is 3.58. The number of para-hydroxylation sites is 1. The van der Waals surface area contributed by atoms with E-state index in [2.05, 4.69) is 20.9 Å². The van der Waals surface area contributed by atoms with Crippen molar-refractivity contribution >= 4 is 40.6 Å². The molecule has 4 atom stereocenters. The summed E-state index contributed by atoms with van der Waals surface area (Å²) in [5.41, 5.74) is 8.34. The number of phenols is 1. The smallest absolute Gasteiger partial charge is 0.326 e. The normalized spacial score (nSPS) is 13.9. The molecule has 3 rings (SSSR count). The van der Waals surface area contributed by atoms with Crippen LogP contribution in [0.4, 0.5) is 0 Å². The van der Waals surface area contributed by atoms with Gasteiger partial charge >= 0.3 is 11.9 Å². The van der Waals surface area contributed by atoms with Crippen molar-refractivity contribution in [1.29, 1.82) is 0 Å². The average Bonchev–Trinajstić information content (AvgIpc) is 3.37. The largest absolute Gasteiger partial charge is 0.508 e. The Morgan fingerprint density at radius 1 is 0.818 bits per heavy atom. The number of phenolic OH excluding ortho intramolecular Hbond substituents is 1. The fourth-order valence-electron chi connectivity index (χ4n) is 4.76. The van der Waals surface area contributed by atoms with Gasteiger partial charge < -0.3 is 42.0 Å². The Hall–Kier alpha value is -4.91. The maximum Gasteiger partial charge on any atom is 0.326 e. The Kier molecular flexibility index (Phi) is 11.9. The lowest BCUT2D eigenvalue weighted by Crippen LogP contribution is -2.58. The van der Waals surface area contributed by atoms with Crippen LogP contribution < -0.4 is 21.7 Å². The second-order valence-electron chi connectivity index (χ2n) is 11.1. The number of rotatable bonds is 16. The quantitative estimate of drug-likeness (QED) is 0.117. The molecule has 0 saturated heterocycles. The Bertz CT molecular complexity index is 1470. The number of H-pyrrole nitrogens is 1. The van der Waals surface area contributed by atoms with Gasteiger partial charge in [0.2, 0.25) is 17.7 Å². The molecule has 1 aromatic heterocycles. The van der Waals surface area contributed by atoms with Crippen LogP contribution in [0, 0.1) is 5.92 Å². The molecule has 3 amide bonds. The van der Waals surface area contributed by atoms with Crippen molar-refractivity contribution in [3.63, 3.8) is 0 Å². The van der Waals surface area contributed by atoms with Gasteiger partial charge in [0, 0.05) is 29.9 Å². The monoisotopic (exact) mass is 609 g/mol. The van der Waals surface area contributed by atoms with Gasteiger partial charge in [-0.05, 0) is 54.5 Å². The molecule has 0 spiro atoms. The van der Waals surface area contributed by atoms with E-state index in [9.17, 15) is 39.3 Å². The third kappa shape index (κ3) is 9.83. The Labute approximate surface area is 254 Å². The van der Waals surface area contributed by atoms with Gasteiger partial charge in [-0.25, -0.2) is 4.79 Å². The molecule has 0 saturated carbocycles. The molecule has 44 heavy (non-hydrogen) atoms. The van der Waals surface area contributed by atoms with Crippen LogP contribution in [0.2, 0.25) is 0 Å². The summed E-state index contributed by atoms with van der Waals surface area (Å²) < 4.78 is 0. The lowest BCUT2D eigenvalue weighted by Gasteiger charge is -2.25. The SMILES string of the molecule is CC(C)CC(NC(=O)C(CCC(=O)O)NC(=O)C(Cc1c[nH]c2ccccc12)NC(=O)C(N)Cc1ccc(O)cc1)C(=O)O. The predicted molar refractivity (Wildman–Crippen MR) is 162 cm³/mol. The number of carboxylic acids is 2. The minimum absolute atomic E-state index is 0.00584. The summed E-state index contributed by atoms with van der Waals surface area (Å²) in [5.74, 6) is -4.75. The van der Waals surface area contributed by atoms with Gasteiger partial charge in [0.05, 0.1) is 6.04 Å². The summed E-state index contributed by atoms with van der Waals surface area (Å²) in [6, 6.07) is 8.61. The van der Waals surface area contributed by atoms with Crippen LogP contribution in [0.25, 0.3) is 10.9 Å². The number of carbonyl (C=O) groups is 5. The first-order valence-corrected chi connectivity index (χ1v) is 14.3. The molecule has 1 heterocycles. The maximum absolute atomic E-state index is 13.7. The number of nitrogens with two attached hydrogens (primary N) is 1. The van der Waals surface area contributed by atoms with E-state index in [1.165, 1.54) is 12.1 Å². The van der Waals surface area contributed by atoms with Crippen LogP contribution in [0.15, 0.2) is 54.7 Å². The van der Waals surface area contributed by atoms with Gasteiger partial charge in [0.1, 0.15) is 23.9 Å². The minimum atomic E-state index is -1.39. The highest BCUT2D eigenvalue weighted by Crippen LogP contribution is 2.20. The molecule has 2 aromatic carbocycles. The first kappa shape index (κ1) is 33.6. The van der Waals surface area contributed by atoms with E-state index in [0.29, 0.717) is 11.1 Å². The first-order valence-electron chi connectivity index (χ1n) is 14.3. The standard InChI is InChI=1S/C31H39N5O8/c1-17(2)13-26(31(43)44)36-29(41)24(11-12-27(38)39)34-30(42)25(15-19-16-33-23-6-4-3-5-21(19)23)35-28(40)22(32)14-18-7-9-20(37)10-8-18/h3-10,16-17,22,24-26,33,37H,11-15,32H2,1-2H3,(H,34,42)(H,35,40)(H,36,41)(H,38,39)(H,43,44). The van der Waals surface area contributed by atoms with E-state index in [1.807, 2.05) is 24.3 Å². The molecule has 13 nitrogen and oxygen atoms in total. The predicted octanol–water partition coefficient (Wildman–Crippen LogP) is 1.44. The number of aromatic nitrogens is 1. The topological polar surface area (TPSA) is 224 Å². The Morgan fingerprint density at radius 3 is 2.07 bits per heavy atom. The molecule has 4 unspecified atom stereocenters. The summed E-state index contributed by atoms with van der Waals surface area (Å²) in [5, 5.41) is 36.7. The number of carbonyl (C=O) groups excluding carboxylic acids is 3. The van der Waals surface area contributed by atoms with Crippen molar-refractivity contribution in [1.82, 2.24) is 20.9 Å². The molecule has 0 aliphatic carbocycles. The second-order valence-corrected chi connectivity index (χ2v) is 11.1. The fraction of sp³-hybridized carbons (Fsp3) is 0.387. The third-order valence-corrected chi connectivity index (χ3v) is 7.06. The van der Waals surface area contributed by atoms with Crippen molar-refractivity contribution in [2.75, 3.05) is 0 Å². The van der Waals surface area contributed by atoms with Gasteiger partial charge in [-0.3, -0.25) is 19.2 Å². The number of hydrogen-bond acceptors (Lipinski definition) is 7. The molecule has 0 aliphatic heterocycles. The minimum Gasteiger partial charge on any atom is -0.508 e. The number of aliphatic carboxylic acids is 2. The zero-order valence-electron chi connectivity index (χ0n) is 24.6. The molecule has 0 radical (unpaired) electrons. The fourth-order valence-corrected chi connectivity index (χ4v) is 4.76. The van der Waals surface area contributed by atoms with Crippen LogP contribution >= 0.6 is 0 Å². The van der Waals surface area contributed by atoms with Crippen molar-refractivity contribution in [2.24, 2.45) is 11.7 Å². The number of nitrogens with one attached hydrogen (secondary N) is 4. The van der Waals surface area contributed by atoms with Gasteiger partial charge in [-0.1, -0.05) is 44.2 Å². The lowest BCUT2D eigenvalue weighted by atomic mass is 10.0. The van der Waals surface area contributed by atoms with Gasteiger partial charge in [-0.2, -0.15) is 0 Å². The van der Waals surface area contributed by atoms with Crippen LogP contribution in [-0.2, 0) is 36.8 Å². The van der Waals surface area contributed by atoms with Gasteiger partial charge in [0.25, 0.3) is 0 Å². The first-order chi connectivity index (χ1) is 20.8. The van der Waals surface area contributed by atoms with E-state index >= 15 is 0 Å². The number of aromatic hydroxyl groups is 1. The Morgan fingerprint density at radius 2 is 1.43 bits per heavy atom. The molecule has 3 aromatic rings. The molecule has 13 heteroatoms. The zero-order chi connectivity index (χ0) is 32.4. The summed E-state index contributed by atoms with van der Waals surface area (Å²) in [6.07, 6.45) is 1.16. The molecular formula is C31H39N5O8. The highest BCUT2D eigenvalue weighted by molar-refractivity contribution is 5.95. The van der Waals surface area contributed by atoms with E-state index in [0.717, 1.165) is 10.9 Å². The second kappa shape index (κ2) is 15.5. The number of carboxylic acid groups (broad SMARTS) is 2. The summed E-state index contributed by atoms with van der Waals surface area (Å²) in [7, 11) is 0. The van der Waals surface area contributed by atoms with Crippen LogP contribution in [0.5, 0.6) is 5.75 Å². The van der Waals surface area contributed by atoms with E-state index in [-0.39, 0.29) is 37.4 Å². The highest BCUT2D eigenvalue weighted by Gasteiger charge is 2.31. The number of benzene rings is 2. The van der Waals surface area contributed by atoms with E-state index in [1.54, 1.807) is 32.2 Å². The molecule has 236 valence electrons. The number of fused-ring (bicyclic) bond motifs is 1. The van der Waals surface area contributed by atoms with Crippen molar-refractivity contribution in [2.45, 2.75) is 70.1 Å². The van der Waals surface area contributed by atoms with Gasteiger partial charge in [0.15, 0.2) is 0 Å². The average molecular weight is 610 g/mol. The van der Waals surface area contributed by atoms with Crippen LogP contribution in [0.1, 0.15) is 44.2 Å². The molecule has 0 bridgehead atoms. The molecule has 9 N–H and O–H groups in total. The van der Waals surface area contributed by atoms with Crippen molar-refractivity contribution in [3.05, 3.63) is 65.9 Å². The number of hydrogen-bond donors (Lipinski definition) is 8. The third-order valence-electron chi connectivity index (χ3n) is 7.06. The van der Waals surface area contributed by atoms with E-state index < -0.39 is 60.2 Å². The van der Waals surface area contributed by atoms with Crippen LogP contribution in [0.3, 0.4) is 0 Å². The van der Waals surface area contributed by atoms with Gasteiger partial charge in [-0.15, -0.1) is 0 Å². The summed E-state index contributed by atoms with van der Waals surface area (Å²) in [4.78, 5) is 66.2.